The molecule has 0 spiro atoms. The second kappa shape index (κ2) is 4.84. The molecule has 0 fully saturated rings. The van der Waals surface area contributed by atoms with Crippen molar-refractivity contribution in [2.24, 2.45) is 0 Å². The van der Waals surface area contributed by atoms with Gasteiger partial charge in [-0.3, -0.25) is 0 Å². The summed E-state index contributed by atoms with van der Waals surface area (Å²) in [5, 5.41) is 0. The number of ether oxygens (including phenoxy) is 1. The lowest BCUT2D eigenvalue weighted by molar-refractivity contribution is -0.141. The van der Waals surface area contributed by atoms with Crippen LogP contribution in [-0.4, -0.2) is 18.1 Å². The maximum Gasteiger partial charge on any atom is 0.433 e. The maximum absolute atomic E-state index is 12.4. The topological polar surface area (TPSA) is 39.2 Å². The van der Waals surface area contributed by atoms with E-state index in [-0.39, 0.29) is 11.3 Å². The van der Waals surface area contributed by atoms with Crippen molar-refractivity contribution in [3.63, 3.8) is 0 Å². The van der Waals surface area contributed by atoms with Crippen LogP contribution >= 0.6 is 0 Å². The predicted molar refractivity (Wildman–Crippen MR) is 54.2 cm³/mol. The SMILES string of the molecule is C=C=Cc1nc(C(F)(F)F)ccc1C(=O)OC. The third-order valence-corrected chi connectivity index (χ3v) is 1.86. The molecule has 3 nitrogen and oxygen atoms in total. The second-order valence-electron chi connectivity index (χ2n) is 2.97. The van der Waals surface area contributed by atoms with E-state index in [9.17, 15) is 18.0 Å². The number of hydrogen-bond acceptors (Lipinski definition) is 3. The van der Waals surface area contributed by atoms with Crippen LogP contribution in [0.3, 0.4) is 0 Å². The normalized spacial score (nSPS) is 10.6. The summed E-state index contributed by atoms with van der Waals surface area (Å²) < 4.78 is 41.6. The van der Waals surface area contributed by atoms with Gasteiger partial charge in [-0.2, -0.15) is 13.2 Å². The van der Waals surface area contributed by atoms with Gasteiger partial charge >= 0.3 is 12.1 Å². The molecule has 0 aromatic carbocycles. The van der Waals surface area contributed by atoms with Crippen LogP contribution in [0.4, 0.5) is 13.2 Å². The Kier molecular flexibility index (Phi) is 3.70. The molecule has 90 valence electrons. The molecule has 0 aliphatic carbocycles. The number of pyridine rings is 1. The number of esters is 1. The molecule has 0 saturated carbocycles. The number of carbonyl (C=O) groups excluding carboxylic acids is 1. The zero-order chi connectivity index (χ0) is 13.1. The molecule has 1 rings (SSSR count). The van der Waals surface area contributed by atoms with E-state index >= 15 is 0 Å². The average molecular weight is 243 g/mol. The van der Waals surface area contributed by atoms with Gasteiger partial charge in [0.15, 0.2) is 0 Å². The van der Waals surface area contributed by atoms with Gasteiger partial charge in [0.1, 0.15) is 5.69 Å². The number of carbonyl (C=O) groups is 1. The number of rotatable bonds is 2. The Morgan fingerprint density at radius 2 is 2.18 bits per heavy atom. The van der Waals surface area contributed by atoms with Crippen LogP contribution in [0.15, 0.2) is 24.4 Å². The zero-order valence-electron chi connectivity index (χ0n) is 8.84. The highest BCUT2D eigenvalue weighted by molar-refractivity contribution is 5.92. The Balaban J connectivity index is 3.37. The van der Waals surface area contributed by atoms with Crippen molar-refractivity contribution >= 4 is 12.0 Å². The van der Waals surface area contributed by atoms with E-state index in [1.807, 2.05) is 0 Å². The molecule has 0 atom stereocenters. The summed E-state index contributed by atoms with van der Waals surface area (Å²) >= 11 is 0. The van der Waals surface area contributed by atoms with Gasteiger partial charge in [-0.05, 0) is 12.1 Å². The molecule has 0 unspecified atom stereocenters. The molecule has 1 heterocycles. The number of aromatic nitrogens is 1. The van der Waals surface area contributed by atoms with E-state index in [0.717, 1.165) is 19.3 Å². The molecule has 17 heavy (non-hydrogen) atoms. The zero-order valence-corrected chi connectivity index (χ0v) is 8.84. The van der Waals surface area contributed by atoms with E-state index in [1.54, 1.807) is 0 Å². The summed E-state index contributed by atoms with van der Waals surface area (Å²) in [6.07, 6.45) is -3.49. The van der Waals surface area contributed by atoms with Crippen molar-refractivity contribution in [3.8, 4) is 0 Å². The first-order valence-corrected chi connectivity index (χ1v) is 4.42. The lowest BCUT2D eigenvalue weighted by Gasteiger charge is -2.08. The number of nitrogens with zero attached hydrogens (tertiary/aromatic N) is 1. The summed E-state index contributed by atoms with van der Waals surface area (Å²) in [6, 6.07) is 1.72. The summed E-state index contributed by atoms with van der Waals surface area (Å²) in [4.78, 5) is 14.6. The lowest BCUT2D eigenvalue weighted by atomic mass is 10.1. The van der Waals surface area contributed by atoms with Crippen molar-refractivity contribution < 1.29 is 22.7 Å². The van der Waals surface area contributed by atoms with Crippen molar-refractivity contribution in [2.45, 2.75) is 6.18 Å². The van der Waals surface area contributed by atoms with Crippen LogP contribution in [-0.2, 0) is 10.9 Å². The molecule has 1 aromatic rings. The second-order valence-corrected chi connectivity index (χ2v) is 2.97. The highest BCUT2D eigenvalue weighted by atomic mass is 19.4. The molecule has 1 aromatic heterocycles. The first-order chi connectivity index (χ1) is 7.90. The fourth-order valence-corrected chi connectivity index (χ4v) is 1.12. The van der Waals surface area contributed by atoms with Gasteiger partial charge in [0.25, 0.3) is 0 Å². The monoisotopic (exact) mass is 243 g/mol. The number of hydrogen-bond donors (Lipinski definition) is 0. The smallest absolute Gasteiger partial charge is 0.433 e. The van der Waals surface area contributed by atoms with Crippen LogP contribution in [0.1, 0.15) is 21.7 Å². The van der Waals surface area contributed by atoms with E-state index in [4.69, 9.17) is 0 Å². The summed E-state index contributed by atoms with van der Waals surface area (Å²) in [6.45, 7) is 3.22. The minimum absolute atomic E-state index is 0.0725. The molecular formula is C11H8F3NO2. The summed E-state index contributed by atoms with van der Waals surface area (Å²) in [5.41, 5.74) is 0.927. The first kappa shape index (κ1) is 13.0. The van der Waals surface area contributed by atoms with Crippen LogP contribution in [0, 0.1) is 0 Å². The Morgan fingerprint density at radius 1 is 1.53 bits per heavy atom. The molecule has 0 aliphatic heterocycles. The fourth-order valence-electron chi connectivity index (χ4n) is 1.12. The number of halogens is 3. The van der Waals surface area contributed by atoms with E-state index in [0.29, 0.717) is 6.07 Å². The van der Waals surface area contributed by atoms with Crippen LogP contribution in [0.25, 0.3) is 6.08 Å². The molecule has 0 amide bonds. The van der Waals surface area contributed by atoms with E-state index < -0.39 is 17.8 Å². The van der Waals surface area contributed by atoms with Gasteiger partial charge in [0, 0.05) is 6.08 Å². The fraction of sp³-hybridized carbons (Fsp3) is 0.182. The molecular weight excluding hydrogens is 235 g/mol. The van der Waals surface area contributed by atoms with E-state index in [2.05, 4.69) is 22.0 Å². The average Bonchev–Trinajstić information content (AvgIpc) is 2.27. The lowest BCUT2D eigenvalue weighted by Crippen LogP contribution is -2.12. The van der Waals surface area contributed by atoms with Crippen molar-refractivity contribution in [1.82, 2.24) is 4.98 Å². The van der Waals surface area contributed by atoms with Crippen molar-refractivity contribution in [3.05, 3.63) is 41.4 Å². The molecule has 0 aliphatic rings. The third-order valence-electron chi connectivity index (χ3n) is 1.86. The van der Waals surface area contributed by atoms with Gasteiger partial charge < -0.3 is 4.74 Å². The molecule has 6 heteroatoms. The Hall–Kier alpha value is -2.07. The van der Waals surface area contributed by atoms with E-state index in [1.165, 1.54) is 0 Å². The first-order valence-electron chi connectivity index (χ1n) is 4.42. The molecule has 0 N–H and O–H groups in total. The van der Waals surface area contributed by atoms with Gasteiger partial charge in [-0.25, -0.2) is 9.78 Å². The number of alkyl halides is 3. The molecule has 0 radical (unpaired) electrons. The van der Waals surface area contributed by atoms with Crippen molar-refractivity contribution in [2.75, 3.05) is 7.11 Å². The van der Waals surface area contributed by atoms with Gasteiger partial charge in [-0.15, -0.1) is 5.73 Å². The predicted octanol–water partition coefficient (Wildman–Crippen LogP) is 2.69. The quantitative estimate of drug-likeness (QED) is 0.592. The summed E-state index contributed by atoms with van der Waals surface area (Å²) in [5.74, 6) is -0.771. The molecule has 0 bridgehead atoms. The highest BCUT2D eigenvalue weighted by Gasteiger charge is 2.33. The largest absolute Gasteiger partial charge is 0.465 e. The minimum atomic E-state index is -4.57. The van der Waals surface area contributed by atoms with Crippen LogP contribution in [0.2, 0.25) is 0 Å². The summed E-state index contributed by atoms with van der Waals surface area (Å²) in [7, 11) is 1.13. The van der Waals surface area contributed by atoms with Crippen LogP contribution < -0.4 is 0 Å². The maximum atomic E-state index is 12.4. The van der Waals surface area contributed by atoms with Gasteiger partial charge in [0.05, 0.1) is 18.4 Å². The van der Waals surface area contributed by atoms with Crippen molar-refractivity contribution in [1.29, 1.82) is 0 Å². The van der Waals surface area contributed by atoms with Gasteiger partial charge in [-0.1, -0.05) is 6.58 Å². The minimum Gasteiger partial charge on any atom is -0.465 e. The third kappa shape index (κ3) is 2.95. The molecule has 0 saturated heterocycles. The standard InChI is InChI=1S/C11H8F3NO2/c1-3-4-8-7(10(16)17-2)5-6-9(15-8)11(12,13)14/h4-6H,1H2,2H3. The Morgan fingerprint density at radius 3 is 2.65 bits per heavy atom. The van der Waals surface area contributed by atoms with Crippen LogP contribution in [0.5, 0.6) is 0 Å². The Bertz CT molecular complexity index is 488. The number of methoxy groups -OCH3 is 1. The Labute approximate surface area is 95.2 Å². The highest BCUT2D eigenvalue weighted by Crippen LogP contribution is 2.28. The van der Waals surface area contributed by atoms with Gasteiger partial charge in [0.2, 0.25) is 0 Å².